The number of cyclic esters (lactones) is 1. The first-order valence-corrected chi connectivity index (χ1v) is 10.0. The molecular weight excluding hydrogens is 404 g/mol. The summed E-state index contributed by atoms with van der Waals surface area (Å²) >= 11 is 0. The van der Waals surface area contributed by atoms with Crippen LogP contribution >= 0.6 is 0 Å². The number of primary amides is 1. The Bertz CT molecular complexity index is 930. The second kappa shape index (κ2) is 8.57. The molecule has 1 aromatic rings. The lowest BCUT2D eigenvalue weighted by atomic mass is 10.2. The fraction of sp³-hybridized carbons (Fsp3) is 0.412. The van der Waals surface area contributed by atoms with E-state index in [-0.39, 0.29) is 11.4 Å². The number of nitrogens with zero attached hydrogens (tertiary/aromatic N) is 2. The largest absolute Gasteiger partial charge is 0.434 e. The predicted molar refractivity (Wildman–Crippen MR) is 99.8 cm³/mol. The molecule has 0 bridgehead atoms. The molecule has 2 unspecified atom stereocenters. The second-order valence-corrected chi connectivity index (χ2v) is 8.35. The van der Waals surface area contributed by atoms with Gasteiger partial charge in [0.1, 0.15) is 0 Å². The van der Waals surface area contributed by atoms with Gasteiger partial charge in [-0.15, -0.1) is 0 Å². The van der Waals surface area contributed by atoms with Crippen LogP contribution in [0.5, 0.6) is 0 Å². The van der Waals surface area contributed by atoms with Gasteiger partial charge in [0.05, 0.1) is 24.0 Å². The SMILES string of the molecule is Cc1ccc(S(=O)(=O)NC(C)C(=O)N2CC(C(=O)N(C)CC(N)=O)OC2=O)cc1. The Morgan fingerprint density at radius 2 is 1.90 bits per heavy atom. The summed E-state index contributed by atoms with van der Waals surface area (Å²) in [5.74, 6) is -2.34. The summed E-state index contributed by atoms with van der Waals surface area (Å²) in [5.41, 5.74) is 5.88. The van der Waals surface area contributed by atoms with Gasteiger partial charge < -0.3 is 15.4 Å². The molecule has 0 aliphatic carbocycles. The lowest BCUT2D eigenvalue weighted by molar-refractivity contribution is -0.139. The minimum Gasteiger partial charge on any atom is -0.434 e. The monoisotopic (exact) mass is 426 g/mol. The van der Waals surface area contributed by atoms with Crippen molar-refractivity contribution in [3.63, 3.8) is 0 Å². The summed E-state index contributed by atoms with van der Waals surface area (Å²) in [6.45, 7) is 2.28. The Morgan fingerprint density at radius 1 is 1.31 bits per heavy atom. The van der Waals surface area contributed by atoms with E-state index in [0.29, 0.717) is 4.90 Å². The van der Waals surface area contributed by atoms with Crippen molar-refractivity contribution >= 4 is 33.8 Å². The molecule has 0 radical (unpaired) electrons. The van der Waals surface area contributed by atoms with Crippen LogP contribution in [0.25, 0.3) is 0 Å². The highest BCUT2D eigenvalue weighted by atomic mass is 32.2. The number of sulfonamides is 1. The first-order valence-electron chi connectivity index (χ1n) is 8.56. The van der Waals surface area contributed by atoms with Gasteiger partial charge in [-0.2, -0.15) is 4.72 Å². The molecule has 2 rings (SSSR count). The van der Waals surface area contributed by atoms with E-state index in [1.165, 1.54) is 26.1 Å². The van der Waals surface area contributed by atoms with Crippen molar-refractivity contribution in [1.29, 1.82) is 0 Å². The van der Waals surface area contributed by atoms with Gasteiger partial charge in [-0.05, 0) is 26.0 Å². The molecule has 158 valence electrons. The van der Waals surface area contributed by atoms with Gasteiger partial charge in [-0.1, -0.05) is 17.7 Å². The van der Waals surface area contributed by atoms with Crippen LogP contribution in [0.4, 0.5) is 4.79 Å². The van der Waals surface area contributed by atoms with Crippen LogP contribution < -0.4 is 10.5 Å². The molecule has 1 aromatic carbocycles. The maximum atomic E-state index is 12.5. The van der Waals surface area contributed by atoms with Crippen LogP contribution in [0, 0.1) is 6.92 Å². The zero-order valence-corrected chi connectivity index (χ0v) is 16.9. The smallest absolute Gasteiger partial charge is 0.417 e. The van der Waals surface area contributed by atoms with Crippen molar-refractivity contribution in [2.75, 3.05) is 20.1 Å². The molecule has 29 heavy (non-hydrogen) atoms. The third kappa shape index (κ3) is 5.29. The molecule has 1 fully saturated rings. The number of hydrogen-bond donors (Lipinski definition) is 2. The molecule has 0 aromatic heterocycles. The van der Waals surface area contributed by atoms with Crippen molar-refractivity contribution in [1.82, 2.24) is 14.5 Å². The van der Waals surface area contributed by atoms with Gasteiger partial charge in [-0.3, -0.25) is 14.4 Å². The number of amides is 4. The maximum absolute atomic E-state index is 12.5. The zero-order chi connectivity index (χ0) is 21.9. The van der Waals surface area contributed by atoms with Crippen molar-refractivity contribution in [2.45, 2.75) is 30.9 Å². The number of nitrogens with one attached hydrogen (secondary N) is 1. The fourth-order valence-electron chi connectivity index (χ4n) is 2.63. The average molecular weight is 426 g/mol. The Morgan fingerprint density at radius 3 is 2.45 bits per heavy atom. The number of ether oxygens (including phenoxy) is 1. The first kappa shape index (κ1) is 22.3. The normalized spacial score (nSPS) is 17.6. The van der Waals surface area contributed by atoms with Gasteiger partial charge in [0, 0.05) is 7.05 Å². The number of nitrogens with two attached hydrogens (primary N) is 1. The summed E-state index contributed by atoms with van der Waals surface area (Å²) < 4.78 is 31.9. The Kier molecular flexibility index (Phi) is 6.59. The molecule has 1 heterocycles. The Labute approximate surface area is 167 Å². The van der Waals surface area contributed by atoms with E-state index in [1.807, 2.05) is 0 Å². The molecule has 1 aliphatic rings. The zero-order valence-electron chi connectivity index (χ0n) is 16.1. The average Bonchev–Trinajstić information content (AvgIpc) is 3.01. The standard InChI is InChI=1S/C17H22N4O7S/c1-10-4-6-12(7-5-10)29(26,27)19-11(2)15(23)21-8-13(28-17(21)25)16(24)20(3)9-14(18)22/h4-7,11,13,19H,8-9H2,1-3H3,(H2,18,22). The number of aryl methyl sites for hydroxylation is 1. The Balaban J connectivity index is 2.05. The van der Waals surface area contributed by atoms with Crippen LogP contribution in [-0.4, -0.2) is 74.3 Å². The quantitative estimate of drug-likeness (QED) is 0.563. The molecular formula is C17H22N4O7S. The van der Waals surface area contributed by atoms with E-state index in [2.05, 4.69) is 4.72 Å². The summed E-state index contributed by atoms with van der Waals surface area (Å²) in [6, 6.07) is 4.71. The molecule has 1 saturated heterocycles. The highest BCUT2D eigenvalue weighted by Gasteiger charge is 2.42. The summed E-state index contributed by atoms with van der Waals surface area (Å²) in [7, 11) is -2.71. The van der Waals surface area contributed by atoms with Crippen LogP contribution in [0.2, 0.25) is 0 Å². The third-order valence-electron chi connectivity index (χ3n) is 4.16. The van der Waals surface area contributed by atoms with E-state index >= 15 is 0 Å². The number of imide groups is 1. The van der Waals surface area contributed by atoms with Crippen molar-refractivity contribution in [3.05, 3.63) is 29.8 Å². The molecule has 4 amide bonds. The lowest BCUT2D eigenvalue weighted by Gasteiger charge is -2.19. The van der Waals surface area contributed by atoms with E-state index in [9.17, 15) is 27.6 Å². The second-order valence-electron chi connectivity index (χ2n) is 6.64. The maximum Gasteiger partial charge on any atom is 0.417 e. The van der Waals surface area contributed by atoms with E-state index in [4.69, 9.17) is 10.5 Å². The van der Waals surface area contributed by atoms with Gasteiger partial charge >= 0.3 is 6.09 Å². The first-order chi connectivity index (χ1) is 13.4. The fourth-order valence-corrected chi connectivity index (χ4v) is 3.83. The van der Waals surface area contributed by atoms with Crippen LogP contribution in [-0.2, 0) is 29.1 Å². The number of carbonyl (C=O) groups is 4. The van der Waals surface area contributed by atoms with Crippen molar-refractivity contribution in [3.8, 4) is 0 Å². The molecule has 3 N–H and O–H groups in total. The number of rotatable bonds is 7. The molecule has 2 atom stereocenters. The van der Waals surface area contributed by atoms with Gasteiger partial charge in [0.25, 0.3) is 5.91 Å². The highest BCUT2D eigenvalue weighted by molar-refractivity contribution is 7.89. The Hall–Kier alpha value is -2.99. The number of carbonyl (C=O) groups excluding carboxylic acids is 4. The number of hydrogen-bond acceptors (Lipinski definition) is 7. The summed E-state index contributed by atoms with van der Waals surface area (Å²) in [4.78, 5) is 49.2. The van der Waals surface area contributed by atoms with Gasteiger partial charge in [0.15, 0.2) is 6.10 Å². The highest BCUT2D eigenvalue weighted by Crippen LogP contribution is 2.16. The molecule has 0 spiro atoms. The van der Waals surface area contributed by atoms with E-state index in [1.54, 1.807) is 19.1 Å². The number of benzene rings is 1. The van der Waals surface area contributed by atoms with Crippen molar-refractivity contribution in [2.24, 2.45) is 5.73 Å². The molecule has 1 aliphatic heterocycles. The molecule has 11 nitrogen and oxygen atoms in total. The van der Waals surface area contributed by atoms with Crippen LogP contribution in [0.1, 0.15) is 12.5 Å². The minimum absolute atomic E-state index is 0.0344. The van der Waals surface area contributed by atoms with Gasteiger partial charge in [0.2, 0.25) is 21.8 Å². The third-order valence-corrected chi connectivity index (χ3v) is 5.71. The minimum atomic E-state index is -4.00. The topological polar surface area (TPSA) is 156 Å². The van der Waals surface area contributed by atoms with E-state index < -0.39 is 52.5 Å². The number of likely N-dealkylation sites (N-methyl/N-ethyl adjacent to an activating group) is 1. The van der Waals surface area contributed by atoms with Crippen LogP contribution in [0.3, 0.4) is 0 Å². The van der Waals surface area contributed by atoms with Crippen molar-refractivity contribution < 1.29 is 32.3 Å². The molecule has 0 saturated carbocycles. The lowest BCUT2D eigenvalue weighted by Crippen LogP contribution is -2.48. The summed E-state index contributed by atoms with van der Waals surface area (Å²) in [6.07, 6.45) is -2.39. The summed E-state index contributed by atoms with van der Waals surface area (Å²) in [5, 5.41) is 0. The van der Waals surface area contributed by atoms with E-state index in [0.717, 1.165) is 10.5 Å². The predicted octanol–water partition coefficient (Wildman–Crippen LogP) is -1.05. The molecule has 12 heteroatoms. The van der Waals surface area contributed by atoms with Gasteiger partial charge in [-0.25, -0.2) is 18.1 Å². The van der Waals surface area contributed by atoms with Crippen LogP contribution in [0.15, 0.2) is 29.2 Å².